The largest absolute Gasteiger partial charge is 0.264 e. The third kappa shape index (κ3) is 1.85. The van der Waals surface area contributed by atoms with Crippen LogP contribution in [0.3, 0.4) is 0 Å². The maximum atomic E-state index is 4.67. The summed E-state index contributed by atoms with van der Waals surface area (Å²) in [4.78, 5) is 13.5. The molecule has 5 rings (SSSR count). The minimum atomic E-state index is 0.991. The Kier molecular flexibility index (Phi) is 2.66. The van der Waals surface area contributed by atoms with Gasteiger partial charge in [-0.15, -0.1) is 11.3 Å². The van der Waals surface area contributed by atoms with Gasteiger partial charge in [0.2, 0.25) is 0 Å². The van der Waals surface area contributed by atoms with Crippen molar-refractivity contribution in [2.24, 2.45) is 0 Å². The lowest BCUT2D eigenvalue weighted by Crippen LogP contribution is -1.87. The van der Waals surface area contributed by atoms with E-state index in [0.717, 1.165) is 22.2 Å². The van der Waals surface area contributed by atoms with Crippen molar-refractivity contribution in [3.05, 3.63) is 67.3 Å². The van der Waals surface area contributed by atoms with E-state index in [1.165, 1.54) is 20.2 Å². The molecule has 0 amide bonds. The summed E-state index contributed by atoms with van der Waals surface area (Å²) >= 11 is 1.76. The molecule has 0 saturated carbocycles. The topological polar surface area (TPSA) is 38.7 Å². The van der Waals surface area contributed by atoms with Crippen LogP contribution in [0.4, 0.5) is 0 Å². The monoisotopic (exact) mass is 313 g/mol. The Hall–Kier alpha value is -2.85. The lowest BCUT2D eigenvalue weighted by Gasteiger charge is -2.06. The summed E-state index contributed by atoms with van der Waals surface area (Å²) in [7, 11) is 0. The quantitative estimate of drug-likeness (QED) is 0.434. The van der Waals surface area contributed by atoms with E-state index in [1.807, 2.05) is 30.9 Å². The van der Waals surface area contributed by atoms with E-state index in [4.69, 9.17) is 0 Å². The van der Waals surface area contributed by atoms with Gasteiger partial charge in [-0.3, -0.25) is 15.0 Å². The second-order valence-electron chi connectivity index (χ2n) is 5.39. The molecule has 0 unspecified atom stereocenters. The van der Waals surface area contributed by atoms with Crippen LogP contribution >= 0.6 is 11.3 Å². The molecule has 0 spiro atoms. The molecule has 23 heavy (non-hydrogen) atoms. The van der Waals surface area contributed by atoms with Crippen LogP contribution in [-0.2, 0) is 0 Å². The van der Waals surface area contributed by atoms with Gasteiger partial charge in [-0.1, -0.05) is 24.3 Å². The van der Waals surface area contributed by atoms with Gasteiger partial charge in [0.25, 0.3) is 0 Å². The fourth-order valence-corrected chi connectivity index (χ4v) is 4.20. The van der Waals surface area contributed by atoms with Gasteiger partial charge in [-0.2, -0.15) is 0 Å². The van der Waals surface area contributed by atoms with Gasteiger partial charge in [0.15, 0.2) is 0 Å². The lowest BCUT2D eigenvalue weighted by molar-refractivity contribution is 1.35. The van der Waals surface area contributed by atoms with Crippen molar-refractivity contribution < 1.29 is 0 Å². The van der Waals surface area contributed by atoms with Crippen molar-refractivity contribution in [2.75, 3.05) is 0 Å². The number of benzene rings is 1. The van der Waals surface area contributed by atoms with E-state index < -0.39 is 0 Å². The maximum Gasteiger partial charge on any atom is 0.0902 e. The highest BCUT2D eigenvalue weighted by molar-refractivity contribution is 7.26. The number of fused-ring (bicyclic) bond motifs is 4. The minimum Gasteiger partial charge on any atom is -0.264 e. The zero-order chi connectivity index (χ0) is 15.2. The number of aromatic nitrogens is 3. The van der Waals surface area contributed by atoms with Crippen LogP contribution in [-0.4, -0.2) is 15.0 Å². The molecule has 1 aromatic carbocycles. The van der Waals surface area contributed by atoms with E-state index in [0.29, 0.717) is 0 Å². The molecule has 4 aromatic heterocycles. The summed E-state index contributed by atoms with van der Waals surface area (Å²) in [6.07, 6.45) is 7.48. The molecule has 5 aromatic rings. The average Bonchev–Trinajstić information content (AvgIpc) is 3.00. The van der Waals surface area contributed by atoms with E-state index in [9.17, 15) is 0 Å². The van der Waals surface area contributed by atoms with Crippen molar-refractivity contribution >= 4 is 42.4 Å². The van der Waals surface area contributed by atoms with Gasteiger partial charge in [-0.05, 0) is 18.2 Å². The van der Waals surface area contributed by atoms with Crippen LogP contribution in [0.2, 0.25) is 0 Å². The highest BCUT2D eigenvalue weighted by Crippen LogP contribution is 2.39. The van der Waals surface area contributed by atoms with Crippen molar-refractivity contribution in [3.63, 3.8) is 0 Å². The molecule has 0 radical (unpaired) electrons. The third-order valence-corrected chi connectivity index (χ3v) is 5.27. The van der Waals surface area contributed by atoms with E-state index >= 15 is 0 Å². The molecular formula is C19H11N3S. The summed E-state index contributed by atoms with van der Waals surface area (Å²) < 4.78 is 2.42. The van der Waals surface area contributed by atoms with Crippen molar-refractivity contribution in [1.82, 2.24) is 15.0 Å². The van der Waals surface area contributed by atoms with Gasteiger partial charge in [-0.25, -0.2) is 0 Å². The van der Waals surface area contributed by atoms with Crippen LogP contribution < -0.4 is 0 Å². The van der Waals surface area contributed by atoms with Crippen LogP contribution in [0.5, 0.6) is 0 Å². The Bertz CT molecular complexity index is 1170. The summed E-state index contributed by atoms with van der Waals surface area (Å²) in [6.45, 7) is 0. The molecule has 3 nitrogen and oxygen atoms in total. The van der Waals surface area contributed by atoms with E-state index in [1.54, 1.807) is 11.3 Å². The average molecular weight is 313 g/mol. The first-order valence-corrected chi connectivity index (χ1v) is 8.19. The number of hydrogen-bond donors (Lipinski definition) is 0. The van der Waals surface area contributed by atoms with Crippen molar-refractivity contribution in [2.45, 2.75) is 0 Å². The smallest absolute Gasteiger partial charge is 0.0902 e. The molecule has 4 heteroatoms. The normalized spacial score (nSPS) is 11.5. The number of hydrogen-bond acceptors (Lipinski definition) is 4. The predicted molar refractivity (Wildman–Crippen MR) is 95.7 cm³/mol. The third-order valence-electron chi connectivity index (χ3n) is 4.08. The summed E-state index contributed by atoms with van der Waals surface area (Å²) in [5.74, 6) is 0. The Morgan fingerprint density at radius 3 is 2.74 bits per heavy atom. The zero-order valence-electron chi connectivity index (χ0n) is 12.1. The molecule has 0 fully saturated rings. The lowest BCUT2D eigenvalue weighted by atomic mass is 10.0. The van der Waals surface area contributed by atoms with E-state index in [2.05, 4.69) is 51.4 Å². The first-order valence-electron chi connectivity index (χ1n) is 7.37. The van der Waals surface area contributed by atoms with Crippen LogP contribution in [0, 0.1) is 0 Å². The molecule has 0 bridgehead atoms. The molecule has 0 aliphatic carbocycles. The first kappa shape index (κ1) is 12.7. The molecule has 108 valence electrons. The predicted octanol–water partition coefficient (Wildman–Crippen LogP) is 5.06. The Labute approximate surface area is 136 Å². The second kappa shape index (κ2) is 4.83. The van der Waals surface area contributed by atoms with Crippen LogP contribution in [0.15, 0.2) is 67.3 Å². The number of thiophene rings is 1. The van der Waals surface area contributed by atoms with Gasteiger partial charge in [0.1, 0.15) is 0 Å². The molecule has 0 aliphatic rings. The molecule has 4 heterocycles. The summed E-state index contributed by atoms with van der Waals surface area (Å²) in [5, 5.41) is 3.52. The van der Waals surface area contributed by atoms with Gasteiger partial charge < -0.3 is 0 Å². The number of nitrogens with zero attached hydrogens (tertiary/aromatic N) is 3. The van der Waals surface area contributed by atoms with Gasteiger partial charge in [0, 0.05) is 51.2 Å². The highest BCUT2D eigenvalue weighted by Gasteiger charge is 2.13. The molecule has 0 atom stereocenters. The molecule has 0 saturated heterocycles. The number of para-hydroxylation sites is 1. The second-order valence-corrected chi connectivity index (χ2v) is 6.44. The summed E-state index contributed by atoms with van der Waals surface area (Å²) in [6, 6.07) is 14.4. The fourth-order valence-electron chi connectivity index (χ4n) is 3.03. The highest BCUT2D eigenvalue weighted by atomic mass is 32.1. The van der Waals surface area contributed by atoms with Crippen molar-refractivity contribution in [1.29, 1.82) is 0 Å². The fraction of sp³-hybridized carbons (Fsp3) is 0. The Balaban J connectivity index is 1.93. The minimum absolute atomic E-state index is 0.991. The number of pyridine rings is 3. The van der Waals surface area contributed by atoms with E-state index in [-0.39, 0.29) is 0 Å². The number of rotatable bonds is 1. The maximum absolute atomic E-state index is 4.67. The summed E-state index contributed by atoms with van der Waals surface area (Å²) in [5.41, 5.74) is 3.06. The SMILES string of the molecule is c1cnc2c(-c3nccc4c3sc3ccncc34)cccc2c1. The standard InChI is InChI=1S/C19H11N3S/c1-3-12-4-2-8-21-17(12)14(5-1)18-19-13(6-10-22-18)15-11-20-9-7-16(15)23-19/h1-11H. The van der Waals surface area contributed by atoms with Crippen molar-refractivity contribution in [3.8, 4) is 11.3 Å². The zero-order valence-corrected chi connectivity index (χ0v) is 12.9. The van der Waals surface area contributed by atoms with Gasteiger partial charge >= 0.3 is 0 Å². The Morgan fingerprint density at radius 2 is 1.74 bits per heavy atom. The van der Waals surface area contributed by atoms with Crippen LogP contribution in [0.25, 0.3) is 42.3 Å². The van der Waals surface area contributed by atoms with Crippen LogP contribution in [0.1, 0.15) is 0 Å². The molecule has 0 aliphatic heterocycles. The Morgan fingerprint density at radius 1 is 0.783 bits per heavy atom. The van der Waals surface area contributed by atoms with Gasteiger partial charge in [0.05, 0.1) is 15.9 Å². The molecule has 0 N–H and O–H groups in total. The first-order chi connectivity index (χ1) is 11.4. The molecular weight excluding hydrogens is 302 g/mol.